The van der Waals surface area contributed by atoms with E-state index in [0.29, 0.717) is 18.8 Å². The summed E-state index contributed by atoms with van der Waals surface area (Å²) in [5, 5.41) is 2.94. The number of hydrogen-bond acceptors (Lipinski definition) is 2. The number of anilines is 1. The van der Waals surface area contributed by atoms with Gasteiger partial charge in [0.15, 0.2) is 0 Å². The first kappa shape index (κ1) is 18.7. The zero-order valence-electron chi connectivity index (χ0n) is 15.2. The van der Waals surface area contributed by atoms with Gasteiger partial charge in [0.05, 0.1) is 5.92 Å². The molecular weight excluding hydrogens is 343 g/mol. The van der Waals surface area contributed by atoms with Crippen molar-refractivity contribution in [2.45, 2.75) is 19.8 Å². The van der Waals surface area contributed by atoms with Crippen LogP contribution in [0.25, 0.3) is 11.1 Å². The summed E-state index contributed by atoms with van der Waals surface area (Å²) in [7, 11) is 0. The Hall–Kier alpha value is -3.13. The van der Waals surface area contributed by atoms with Crippen LogP contribution in [0.1, 0.15) is 19.8 Å². The van der Waals surface area contributed by atoms with Crippen LogP contribution in [0.5, 0.6) is 0 Å². The van der Waals surface area contributed by atoms with E-state index in [4.69, 9.17) is 0 Å². The standard InChI is InChI=1S/C22H21FN2O2/c1-2-5-21(26)25-13-4-7-18(15-25)22(27)24-20-8-3-6-17(14-20)16-9-11-19(23)12-10-16/h3,6,8-12,14,18H,4,7,13,15H2,1H3,(H,24,27). The molecule has 5 heteroatoms. The minimum Gasteiger partial charge on any atom is -0.331 e. The second-order valence-electron chi connectivity index (χ2n) is 6.54. The molecule has 0 aromatic heterocycles. The number of carbonyl (C=O) groups excluding carboxylic acids is 2. The molecule has 0 aliphatic carbocycles. The van der Waals surface area contributed by atoms with Crippen molar-refractivity contribution in [1.29, 1.82) is 0 Å². The molecule has 27 heavy (non-hydrogen) atoms. The summed E-state index contributed by atoms with van der Waals surface area (Å²) in [5.74, 6) is 4.27. The number of halogens is 1. The number of nitrogens with one attached hydrogen (secondary N) is 1. The molecule has 1 saturated heterocycles. The van der Waals surface area contributed by atoms with Gasteiger partial charge < -0.3 is 10.2 Å². The molecule has 1 aliphatic rings. The lowest BCUT2D eigenvalue weighted by atomic mass is 9.96. The Morgan fingerprint density at radius 3 is 2.67 bits per heavy atom. The lowest BCUT2D eigenvalue weighted by Gasteiger charge is -2.30. The summed E-state index contributed by atoms with van der Waals surface area (Å²) in [6.45, 7) is 2.65. The number of piperidine rings is 1. The van der Waals surface area contributed by atoms with E-state index in [1.54, 1.807) is 24.0 Å². The van der Waals surface area contributed by atoms with Crippen LogP contribution in [0, 0.1) is 23.6 Å². The number of benzene rings is 2. The minimum atomic E-state index is -0.285. The second-order valence-corrected chi connectivity index (χ2v) is 6.54. The van der Waals surface area contributed by atoms with E-state index in [1.165, 1.54) is 12.1 Å². The third-order valence-electron chi connectivity index (χ3n) is 4.62. The topological polar surface area (TPSA) is 49.4 Å². The van der Waals surface area contributed by atoms with Gasteiger partial charge in [0.25, 0.3) is 5.91 Å². The molecule has 1 unspecified atom stereocenters. The van der Waals surface area contributed by atoms with Crippen molar-refractivity contribution in [2.24, 2.45) is 5.92 Å². The highest BCUT2D eigenvalue weighted by molar-refractivity contribution is 5.96. The van der Waals surface area contributed by atoms with Gasteiger partial charge in [-0.05, 0) is 61.1 Å². The van der Waals surface area contributed by atoms with Gasteiger partial charge >= 0.3 is 0 Å². The fraction of sp³-hybridized carbons (Fsp3) is 0.273. The molecule has 0 radical (unpaired) electrons. The average molecular weight is 364 g/mol. The first-order valence-corrected chi connectivity index (χ1v) is 8.95. The normalized spacial score (nSPS) is 16.2. The Balaban J connectivity index is 1.68. The number of amides is 2. The predicted molar refractivity (Wildman–Crippen MR) is 103 cm³/mol. The van der Waals surface area contributed by atoms with E-state index in [2.05, 4.69) is 17.2 Å². The van der Waals surface area contributed by atoms with Gasteiger partial charge in [0, 0.05) is 18.8 Å². The molecule has 1 aliphatic heterocycles. The Kier molecular flexibility index (Phi) is 5.87. The fourth-order valence-corrected chi connectivity index (χ4v) is 3.22. The SMILES string of the molecule is CC#CC(=O)N1CCCC(C(=O)Nc2cccc(-c3ccc(F)cc3)c2)C1. The Morgan fingerprint density at radius 1 is 1.15 bits per heavy atom. The lowest BCUT2D eigenvalue weighted by molar-refractivity contribution is -0.129. The van der Waals surface area contributed by atoms with E-state index in [9.17, 15) is 14.0 Å². The summed E-state index contributed by atoms with van der Waals surface area (Å²) in [6, 6.07) is 13.7. The van der Waals surface area contributed by atoms with Gasteiger partial charge in [-0.3, -0.25) is 9.59 Å². The number of carbonyl (C=O) groups is 2. The van der Waals surface area contributed by atoms with Crippen LogP contribution in [-0.4, -0.2) is 29.8 Å². The van der Waals surface area contributed by atoms with Gasteiger partial charge in [-0.15, -0.1) is 0 Å². The van der Waals surface area contributed by atoms with Crippen molar-refractivity contribution in [2.75, 3.05) is 18.4 Å². The number of nitrogens with zero attached hydrogens (tertiary/aromatic N) is 1. The Bertz CT molecular complexity index is 897. The lowest BCUT2D eigenvalue weighted by Crippen LogP contribution is -2.43. The minimum absolute atomic E-state index is 0.104. The Labute approximate surface area is 158 Å². The highest BCUT2D eigenvalue weighted by Gasteiger charge is 2.27. The maximum Gasteiger partial charge on any atom is 0.298 e. The zero-order chi connectivity index (χ0) is 19.2. The summed E-state index contributed by atoms with van der Waals surface area (Å²) < 4.78 is 13.1. The molecule has 0 bridgehead atoms. The fourth-order valence-electron chi connectivity index (χ4n) is 3.22. The summed E-state index contributed by atoms with van der Waals surface area (Å²) in [5.41, 5.74) is 2.45. The van der Waals surface area contributed by atoms with Gasteiger partial charge in [-0.25, -0.2) is 4.39 Å². The van der Waals surface area contributed by atoms with Gasteiger partial charge in [-0.2, -0.15) is 0 Å². The van der Waals surface area contributed by atoms with E-state index >= 15 is 0 Å². The van der Waals surface area contributed by atoms with E-state index < -0.39 is 0 Å². The van der Waals surface area contributed by atoms with Crippen molar-refractivity contribution < 1.29 is 14.0 Å². The van der Waals surface area contributed by atoms with E-state index in [-0.39, 0.29) is 23.5 Å². The molecule has 138 valence electrons. The van der Waals surface area contributed by atoms with Crippen molar-refractivity contribution in [3.8, 4) is 23.0 Å². The van der Waals surface area contributed by atoms with Crippen LogP contribution in [0.4, 0.5) is 10.1 Å². The quantitative estimate of drug-likeness (QED) is 0.845. The molecule has 1 atom stereocenters. The summed E-state index contributed by atoms with van der Waals surface area (Å²) in [4.78, 5) is 26.2. The van der Waals surface area contributed by atoms with E-state index in [0.717, 1.165) is 24.0 Å². The van der Waals surface area contributed by atoms with Crippen molar-refractivity contribution >= 4 is 17.5 Å². The predicted octanol–water partition coefficient (Wildman–Crippen LogP) is 3.69. The van der Waals surface area contributed by atoms with Crippen LogP contribution >= 0.6 is 0 Å². The van der Waals surface area contributed by atoms with Crippen molar-refractivity contribution in [3.05, 3.63) is 54.3 Å². The van der Waals surface area contributed by atoms with Crippen LogP contribution in [-0.2, 0) is 9.59 Å². The van der Waals surface area contributed by atoms with Crippen LogP contribution < -0.4 is 5.32 Å². The van der Waals surface area contributed by atoms with Gasteiger partial charge in [-0.1, -0.05) is 30.2 Å². The summed E-state index contributed by atoms with van der Waals surface area (Å²) >= 11 is 0. The molecule has 1 N–H and O–H groups in total. The average Bonchev–Trinajstić information content (AvgIpc) is 2.69. The molecule has 2 aromatic rings. The van der Waals surface area contributed by atoms with Crippen LogP contribution in [0.3, 0.4) is 0 Å². The zero-order valence-corrected chi connectivity index (χ0v) is 15.2. The van der Waals surface area contributed by atoms with Crippen LogP contribution in [0.15, 0.2) is 48.5 Å². The first-order valence-electron chi connectivity index (χ1n) is 8.95. The largest absolute Gasteiger partial charge is 0.331 e. The van der Waals surface area contributed by atoms with Gasteiger partial charge in [0.1, 0.15) is 5.82 Å². The molecular formula is C22H21FN2O2. The van der Waals surface area contributed by atoms with Crippen molar-refractivity contribution in [3.63, 3.8) is 0 Å². The number of hydrogen-bond donors (Lipinski definition) is 1. The molecule has 1 fully saturated rings. The maximum absolute atomic E-state index is 13.1. The smallest absolute Gasteiger partial charge is 0.298 e. The third kappa shape index (κ3) is 4.73. The number of likely N-dealkylation sites (tertiary alicyclic amines) is 1. The molecule has 1 heterocycles. The molecule has 3 rings (SSSR count). The van der Waals surface area contributed by atoms with E-state index in [1.807, 2.05) is 24.3 Å². The molecule has 4 nitrogen and oxygen atoms in total. The second kappa shape index (κ2) is 8.50. The van der Waals surface area contributed by atoms with Gasteiger partial charge in [0.2, 0.25) is 5.91 Å². The van der Waals surface area contributed by atoms with Crippen molar-refractivity contribution in [1.82, 2.24) is 4.90 Å². The third-order valence-corrected chi connectivity index (χ3v) is 4.62. The monoisotopic (exact) mass is 364 g/mol. The first-order chi connectivity index (χ1) is 13.1. The highest BCUT2D eigenvalue weighted by atomic mass is 19.1. The molecule has 2 aromatic carbocycles. The molecule has 0 spiro atoms. The Morgan fingerprint density at radius 2 is 1.93 bits per heavy atom. The van der Waals surface area contributed by atoms with Crippen LogP contribution in [0.2, 0.25) is 0 Å². The highest BCUT2D eigenvalue weighted by Crippen LogP contribution is 2.24. The number of rotatable bonds is 3. The molecule has 2 amide bonds. The summed E-state index contributed by atoms with van der Waals surface area (Å²) in [6.07, 6.45) is 1.53. The molecule has 0 saturated carbocycles. The maximum atomic E-state index is 13.1.